The van der Waals surface area contributed by atoms with E-state index in [1.807, 2.05) is 0 Å². The Bertz CT molecular complexity index is 784. The second-order valence-corrected chi connectivity index (χ2v) is 6.25. The van der Waals surface area contributed by atoms with Crippen LogP contribution in [0.3, 0.4) is 0 Å². The average molecular weight is 384 g/mol. The Hall–Kier alpha value is -2.13. The number of ether oxygens (including phenoxy) is 2. The van der Waals surface area contributed by atoms with Crippen molar-refractivity contribution in [2.24, 2.45) is 5.41 Å². The second-order valence-electron chi connectivity index (χ2n) is 5.34. The minimum Gasteiger partial charge on any atom is -0.494 e. The van der Waals surface area contributed by atoms with Crippen LogP contribution in [0.4, 0.5) is 0 Å². The minimum absolute atomic E-state index is 0.00263. The fraction of sp³-hybridized carbons (Fsp3) is 0.357. The van der Waals surface area contributed by atoms with Gasteiger partial charge >= 0.3 is 5.97 Å². The zero-order chi connectivity index (χ0) is 16.6. The lowest BCUT2D eigenvalue weighted by Gasteiger charge is -2.37. The maximum absolute atomic E-state index is 12.4. The number of carbonyl (C=O) groups excluding carboxylic acids is 1. The summed E-state index contributed by atoms with van der Waals surface area (Å²) in [4.78, 5) is 23.7. The van der Waals surface area contributed by atoms with Gasteiger partial charge in [-0.05, 0) is 22.0 Å². The van der Waals surface area contributed by atoms with Crippen molar-refractivity contribution in [1.82, 2.24) is 14.9 Å². The number of carboxylic acids is 1. The quantitative estimate of drug-likeness (QED) is 0.796. The molecule has 0 bridgehead atoms. The second kappa shape index (κ2) is 5.82. The van der Waals surface area contributed by atoms with E-state index in [9.17, 15) is 14.7 Å². The van der Waals surface area contributed by atoms with E-state index in [4.69, 9.17) is 9.47 Å². The van der Waals surface area contributed by atoms with Gasteiger partial charge in [-0.1, -0.05) is 0 Å². The molecule has 2 N–H and O–H groups in total. The topological polar surface area (TPSA) is 102 Å². The van der Waals surface area contributed by atoms with Crippen LogP contribution in [0.25, 0.3) is 5.52 Å². The molecule has 2 aromatic rings. The molecule has 0 saturated carbocycles. The average Bonchev–Trinajstić information content (AvgIpc) is 2.88. The van der Waals surface area contributed by atoms with E-state index in [0.29, 0.717) is 16.8 Å². The molecule has 1 aliphatic rings. The molecule has 8 nitrogen and oxygen atoms in total. The lowest BCUT2D eigenvalue weighted by Crippen LogP contribution is -2.55. The third-order valence-electron chi connectivity index (χ3n) is 3.81. The number of aromatic nitrogens is 2. The van der Waals surface area contributed by atoms with Crippen LogP contribution in [0.2, 0.25) is 0 Å². The standard InChI is InChI=1S/C14H14BrN3O5/c1-22-10-2-8(15)4-18-11(10)9(3-17-18)12(19)16-5-14(13(20)21)6-23-7-14/h2-4H,5-7H2,1H3,(H,16,19)(H,20,21). The van der Waals surface area contributed by atoms with Crippen molar-refractivity contribution in [1.29, 1.82) is 0 Å². The number of methoxy groups -OCH3 is 1. The smallest absolute Gasteiger partial charge is 0.316 e. The summed E-state index contributed by atoms with van der Waals surface area (Å²) in [6.45, 7) is 0.179. The molecule has 122 valence electrons. The van der Waals surface area contributed by atoms with Gasteiger partial charge in [0.1, 0.15) is 16.7 Å². The Morgan fingerprint density at radius 1 is 1.57 bits per heavy atom. The molecule has 3 heterocycles. The predicted octanol–water partition coefficient (Wildman–Crippen LogP) is 0.936. The number of fused-ring (bicyclic) bond motifs is 1. The largest absolute Gasteiger partial charge is 0.494 e. The maximum Gasteiger partial charge on any atom is 0.316 e. The Labute approximate surface area is 139 Å². The normalized spacial score (nSPS) is 15.9. The van der Waals surface area contributed by atoms with Gasteiger partial charge in [0.25, 0.3) is 5.91 Å². The SMILES string of the molecule is COc1cc(Br)cn2ncc(C(=O)NCC3(C(=O)O)COC3)c12. The van der Waals surface area contributed by atoms with Gasteiger partial charge in [-0.3, -0.25) is 9.59 Å². The number of carboxylic acid groups (broad SMARTS) is 1. The van der Waals surface area contributed by atoms with Crippen LogP contribution in [-0.2, 0) is 9.53 Å². The number of nitrogens with one attached hydrogen (secondary N) is 1. The van der Waals surface area contributed by atoms with E-state index < -0.39 is 17.3 Å². The van der Waals surface area contributed by atoms with Gasteiger partial charge in [-0.25, -0.2) is 4.52 Å². The Balaban J connectivity index is 1.85. The van der Waals surface area contributed by atoms with Gasteiger partial charge in [0.05, 0.1) is 32.1 Å². The lowest BCUT2D eigenvalue weighted by molar-refractivity contribution is -0.178. The molecule has 23 heavy (non-hydrogen) atoms. The van der Waals surface area contributed by atoms with Crippen LogP contribution < -0.4 is 10.1 Å². The highest BCUT2D eigenvalue weighted by Gasteiger charge is 2.46. The van der Waals surface area contributed by atoms with Crippen LogP contribution in [0, 0.1) is 5.41 Å². The van der Waals surface area contributed by atoms with Crippen molar-refractivity contribution >= 4 is 33.3 Å². The molecule has 1 amide bonds. The summed E-state index contributed by atoms with van der Waals surface area (Å²) < 4.78 is 12.5. The number of nitrogens with zero attached hydrogens (tertiary/aromatic N) is 2. The summed E-state index contributed by atoms with van der Waals surface area (Å²) in [5.41, 5.74) is -0.219. The zero-order valence-electron chi connectivity index (χ0n) is 12.2. The Morgan fingerprint density at radius 3 is 2.87 bits per heavy atom. The van der Waals surface area contributed by atoms with E-state index in [2.05, 4.69) is 26.3 Å². The summed E-state index contributed by atoms with van der Waals surface area (Å²) in [5.74, 6) is -0.902. The number of amides is 1. The number of pyridine rings is 1. The van der Waals surface area contributed by atoms with Crippen molar-refractivity contribution in [3.05, 3.63) is 28.5 Å². The van der Waals surface area contributed by atoms with Crippen LogP contribution in [0.5, 0.6) is 5.75 Å². The monoisotopic (exact) mass is 383 g/mol. The summed E-state index contributed by atoms with van der Waals surface area (Å²) >= 11 is 3.34. The first-order valence-corrected chi connectivity index (χ1v) is 7.56. The highest BCUT2D eigenvalue weighted by Crippen LogP contribution is 2.29. The van der Waals surface area contributed by atoms with Gasteiger partial charge in [-0.2, -0.15) is 5.10 Å². The first-order valence-electron chi connectivity index (χ1n) is 6.77. The van der Waals surface area contributed by atoms with E-state index in [-0.39, 0.29) is 19.8 Å². The highest BCUT2D eigenvalue weighted by atomic mass is 79.9. The Kier molecular flexibility index (Phi) is 3.99. The summed E-state index contributed by atoms with van der Waals surface area (Å²) in [6, 6.07) is 1.73. The number of aliphatic carboxylic acids is 1. The first kappa shape index (κ1) is 15.8. The van der Waals surface area contributed by atoms with Crippen molar-refractivity contribution < 1.29 is 24.2 Å². The maximum atomic E-state index is 12.4. The highest BCUT2D eigenvalue weighted by molar-refractivity contribution is 9.10. The van der Waals surface area contributed by atoms with Gasteiger partial charge in [-0.15, -0.1) is 0 Å². The van der Waals surface area contributed by atoms with Crippen molar-refractivity contribution in [3.63, 3.8) is 0 Å². The molecular formula is C14H14BrN3O5. The predicted molar refractivity (Wildman–Crippen MR) is 82.7 cm³/mol. The molecule has 3 rings (SSSR count). The molecule has 1 fully saturated rings. The Morgan fingerprint density at radius 2 is 2.30 bits per heavy atom. The molecular weight excluding hydrogens is 370 g/mol. The summed E-state index contributed by atoms with van der Waals surface area (Å²) in [5, 5.41) is 16.0. The number of carbonyl (C=O) groups is 2. The molecule has 0 aromatic carbocycles. The third kappa shape index (κ3) is 2.66. The van der Waals surface area contributed by atoms with Gasteiger partial charge in [0, 0.05) is 17.2 Å². The number of hydrogen-bond acceptors (Lipinski definition) is 5. The van der Waals surface area contributed by atoms with E-state index in [1.54, 1.807) is 12.3 Å². The molecule has 1 saturated heterocycles. The van der Waals surface area contributed by atoms with Crippen molar-refractivity contribution in [2.45, 2.75) is 0 Å². The van der Waals surface area contributed by atoms with Crippen molar-refractivity contribution in [3.8, 4) is 5.75 Å². The molecule has 9 heteroatoms. The van der Waals surface area contributed by atoms with Crippen LogP contribution in [0.1, 0.15) is 10.4 Å². The number of halogens is 1. The van der Waals surface area contributed by atoms with E-state index in [0.717, 1.165) is 4.47 Å². The van der Waals surface area contributed by atoms with Gasteiger partial charge in [0.2, 0.25) is 0 Å². The molecule has 0 unspecified atom stereocenters. The number of hydrogen-bond donors (Lipinski definition) is 2. The van der Waals surface area contributed by atoms with Crippen LogP contribution >= 0.6 is 15.9 Å². The first-order chi connectivity index (χ1) is 11.0. The summed E-state index contributed by atoms with van der Waals surface area (Å²) in [7, 11) is 1.50. The minimum atomic E-state index is -1.05. The summed E-state index contributed by atoms with van der Waals surface area (Å²) in [6.07, 6.45) is 3.12. The fourth-order valence-corrected chi connectivity index (χ4v) is 2.77. The molecule has 0 spiro atoms. The molecule has 0 atom stereocenters. The molecule has 0 radical (unpaired) electrons. The van der Waals surface area contributed by atoms with Gasteiger partial charge in [0.15, 0.2) is 0 Å². The van der Waals surface area contributed by atoms with Gasteiger partial charge < -0.3 is 19.9 Å². The molecule has 2 aromatic heterocycles. The molecule has 1 aliphatic heterocycles. The molecule has 0 aliphatic carbocycles. The van der Waals surface area contributed by atoms with E-state index >= 15 is 0 Å². The van der Waals surface area contributed by atoms with E-state index in [1.165, 1.54) is 17.8 Å². The van der Waals surface area contributed by atoms with Crippen LogP contribution in [0.15, 0.2) is 22.9 Å². The lowest BCUT2D eigenvalue weighted by atomic mass is 9.86. The zero-order valence-corrected chi connectivity index (χ0v) is 13.8. The number of rotatable bonds is 5. The van der Waals surface area contributed by atoms with Crippen LogP contribution in [-0.4, -0.2) is 53.5 Å². The third-order valence-corrected chi connectivity index (χ3v) is 4.24. The van der Waals surface area contributed by atoms with Crippen molar-refractivity contribution in [2.75, 3.05) is 26.9 Å². The fourth-order valence-electron chi connectivity index (χ4n) is 2.37.